The van der Waals surface area contributed by atoms with Crippen LogP contribution in [0.25, 0.3) is 0 Å². The van der Waals surface area contributed by atoms with Crippen molar-refractivity contribution < 1.29 is 43.3 Å². The Bertz CT molecular complexity index is 1250. The Kier molecular flexibility index (Phi) is 12.9. The number of fused-ring (bicyclic) bond motifs is 1. The fourth-order valence-corrected chi connectivity index (χ4v) is 5.88. The number of carbonyl (C=O) groups excluding carboxylic acids is 5. The average Bonchev–Trinajstić information content (AvgIpc) is 3.42. The number of aliphatic carboxylic acids is 1. The third-order valence-corrected chi connectivity index (χ3v) is 8.59. The van der Waals surface area contributed by atoms with Crippen LogP contribution in [0, 0.1) is 17.8 Å². The molecule has 2 heterocycles. The van der Waals surface area contributed by atoms with Gasteiger partial charge in [-0.05, 0) is 42.2 Å². The minimum absolute atomic E-state index is 0.0184. The van der Waals surface area contributed by atoms with Crippen molar-refractivity contribution in [3.8, 4) is 0 Å². The maximum absolute atomic E-state index is 13.9. The number of nitrogens with one attached hydrogen (secondary N) is 1. The quantitative estimate of drug-likeness (QED) is 0.232. The van der Waals surface area contributed by atoms with E-state index in [2.05, 4.69) is 5.32 Å². The molecule has 0 unspecified atom stereocenters. The van der Waals surface area contributed by atoms with Crippen LogP contribution >= 0.6 is 0 Å². The summed E-state index contributed by atoms with van der Waals surface area (Å²) in [6, 6.07) is 5.91. The molecule has 4 atom stereocenters. The van der Waals surface area contributed by atoms with Crippen molar-refractivity contribution in [3.63, 3.8) is 0 Å². The smallest absolute Gasteiger partial charge is 0.410 e. The number of carboxylic acid groups (broad SMARTS) is 1. The first-order valence-electron chi connectivity index (χ1n) is 15.8. The highest BCUT2D eigenvalue weighted by Gasteiger charge is 2.45. The molecule has 0 bridgehead atoms. The number of Topliss-reactive ketones (excluding diaryl/α,β-unsaturated/α-hetero) is 1. The van der Waals surface area contributed by atoms with Gasteiger partial charge in [-0.2, -0.15) is 0 Å². The molecule has 12 heteroatoms. The van der Waals surface area contributed by atoms with E-state index in [-0.39, 0.29) is 49.8 Å². The van der Waals surface area contributed by atoms with Gasteiger partial charge in [-0.1, -0.05) is 52.0 Å². The van der Waals surface area contributed by atoms with E-state index >= 15 is 0 Å². The molecule has 1 fully saturated rings. The first kappa shape index (κ1) is 35.5. The monoisotopic (exact) mass is 629 g/mol. The molecule has 2 N–H and O–H groups in total. The second-order valence-electron chi connectivity index (χ2n) is 12.6. The second-order valence-corrected chi connectivity index (χ2v) is 12.6. The SMILES string of the molecule is COC(=O)[C@@H]1C[C@@H](OC(=O)N2CCc3ccccc3C2)CN1C(=O)[C@@H](NC(=O)[C@@H](CC(=O)CCCCC(=O)O)C(C)C)C(C)C. The van der Waals surface area contributed by atoms with Crippen molar-refractivity contribution in [1.29, 1.82) is 0 Å². The molecule has 2 aliphatic rings. The first-order chi connectivity index (χ1) is 21.3. The molecule has 3 rings (SSSR count). The van der Waals surface area contributed by atoms with Crippen LogP contribution in [-0.4, -0.2) is 88.9 Å². The minimum atomic E-state index is -0.996. The molecule has 45 heavy (non-hydrogen) atoms. The second kappa shape index (κ2) is 16.4. The molecular formula is C33H47N3O9. The van der Waals surface area contributed by atoms with Gasteiger partial charge in [-0.25, -0.2) is 9.59 Å². The van der Waals surface area contributed by atoms with E-state index in [1.54, 1.807) is 18.7 Å². The van der Waals surface area contributed by atoms with Crippen molar-refractivity contribution >= 4 is 35.6 Å². The summed E-state index contributed by atoms with van der Waals surface area (Å²) in [5.74, 6) is -3.89. The summed E-state index contributed by atoms with van der Waals surface area (Å²) in [6.07, 6.45) is 0.441. The highest BCUT2D eigenvalue weighted by molar-refractivity contribution is 5.93. The van der Waals surface area contributed by atoms with Gasteiger partial charge in [-0.15, -0.1) is 0 Å². The number of likely N-dealkylation sites (tertiary alicyclic amines) is 1. The van der Waals surface area contributed by atoms with E-state index in [9.17, 15) is 28.8 Å². The van der Waals surface area contributed by atoms with Crippen LogP contribution in [0.1, 0.15) is 77.3 Å². The number of carboxylic acids is 1. The number of unbranched alkanes of at least 4 members (excludes halogenated alkanes) is 1. The van der Waals surface area contributed by atoms with Crippen molar-refractivity contribution in [3.05, 3.63) is 35.4 Å². The Hall–Kier alpha value is -3.96. The van der Waals surface area contributed by atoms with Gasteiger partial charge in [-0.3, -0.25) is 19.2 Å². The van der Waals surface area contributed by atoms with E-state index in [1.165, 1.54) is 17.6 Å². The predicted molar refractivity (Wildman–Crippen MR) is 164 cm³/mol. The summed E-state index contributed by atoms with van der Waals surface area (Å²) in [6.45, 7) is 8.06. The molecule has 1 saturated heterocycles. The van der Waals surface area contributed by atoms with Gasteiger partial charge in [0.25, 0.3) is 0 Å². The molecule has 3 amide bonds. The fraction of sp³-hybridized carbons (Fsp3) is 0.636. The van der Waals surface area contributed by atoms with Crippen LogP contribution in [0.3, 0.4) is 0 Å². The highest BCUT2D eigenvalue weighted by Crippen LogP contribution is 2.27. The summed E-state index contributed by atoms with van der Waals surface area (Å²) in [4.78, 5) is 79.5. The lowest BCUT2D eigenvalue weighted by Gasteiger charge is -2.31. The normalized spacial score (nSPS) is 19.1. The van der Waals surface area contributed by atoms with Crippen molar-refractivity contribution in [1.82, 2.24) is 15.1 Å². The Morgan fingerprint density at radius 2 is 1.64 bits per heavy atom. The number of carbonyl (C=O) groups is 6. The topological polar surface area (TPSA) is 160 Å². The highest BCUT2D eigenvalue weighted by atomic mass is 16.6. The Morgan fingerprint density at radius 1 is 0.978 bits per heavy atom. The average molecular weight is 630 g/mol. The summed E-state index contributed by atoms with van der Waals surface area (Å²) in [5, 5.41) is 11.6. The van der Waals surface area contributed by atoms with Gasteiger partial charge < -0.3 is 29.7 Å². The molecule has 0 spiro atoms. The minimum Gasteiger partial charge on any atom is -0.481 e. The van der Waals surface area contributed by atoms with Crippen LogP contribution in [-0.2, 0) is 46.4 Å². The maximum Gasteiger partial charge on any atom is 0.410 e. The van der Waals surface area contributed by atoms with Gasteiger partial charge in [0.2, 0.25) is 11.8 Å². The van der Waals surface area contributed by atoms with E-state index in [1.807, 2.05) is 38.1 Å². The third-order valence-electron chi connectivity index (χ3n) is 8.59. The van der Waals surface area contributed by atoms with E-state index in [0.717, 1.165) is 5.56 Å². The molecule has 1 aromatic rings. The van der Waals surface area contributed by atoms with E-state index < -0.39 is 54.0 Å². The van der Waals surface area contributed by atoms with Crippen molar-refractivity contribution in [2.75, 3.05) is 20.2 Å². The predicted octanol–water partition coefficient (Wildman–Crippen LogP) is 3.34. The van der Waals surface area contributed by atoms with Gasteiger partial charge in [0.15, 0.2) is 0 Å². The fourth-order valence-electron chi connectivity index (χ4n) is 5.88. The number of esters is 1. The lowest BCUT2D eigenvalue weighted by atomic mass is 9.88. The number of rotatable bonds is 14. The number of hydrogen-bond donors (Lipinski definition) is 2. The number of ether oxygens (including phenoxy) is 2. The first-order valence-corrected chi connectivity index (χ1v) is 15.8. The lowest BCUT2D eigenvalue weighted by Crippen LogP contribution is -2.55. The largest absolute Gasteiger partial charge is 0.481 e. The Labute approximate surface area is 264 Å². The van der Waals surface area contributed by atoms with Gasteiger partial charge >= 0.3 is 18.0 Å². The molecule has 0 radical (unpaired) electrons. The number of benzene rings is 1. The van der Waals surface area contributed by atoms with Gasteiger partial charge in [0.05, 0.1) is 13.7 Å². The maximum atomic E-state index is 13.9. The van der Waals surface area contributed by atoms with E-state index in [0.29, 0.717) is 32.4 Å². The molecule has 2 aliphatic heterocycles. The van der Waals surface area contributed by atoms with Crippen molar-refractivity contribution in [2.24, 2.45) is 17.8 Å². The number of amides is 3. The third kappa shape index (κ3) is 9.76. The summed E-state index contributed by atoms with van der Waals surface area (Å²) >= 11 is 0. The number of hydrogen-bond acceptors (Lipinski definition) is 8. The van der Waals surface area contributed by atoms with Crippen LogP contribution in [0.15, 0.2) is 24.3 Å². The van der Waals surface area contributed by atoms with E-state index in [4.69, 9.17) is 14.6 Å². The van der Waals surface area contributed by atoms with Gasteiger partial charge in [0, 0.05) is 44.7 Å². The summed E-state index contributed by atoms with van der Waals surface area (Å²) in [5.41, 5.74) is 2.23. The molecule has 0 saturated carbocycles. The standard InChI is InChI=1S/C33H47N3O9/c1-20(2)26(16-24(37)12-8-9-13-28(38)39)30(40)34-29(21(3)4)31(41)36-19-25(17-27(36)32(42)44-5)45-33(43)35-15-14-22-10-6-7-11-23(22)18-35/h6-7,10-11,20-21,25-27,29H,8-9,12-19H2,1-5H3,(H,34,40)(H,38,39)/t25-,26+,27+,29+/m1/s1. The van der Waals surface area contributed by atoms with Crippen LogP contribution in [0.2, 0.25) is 0 Å². The lowest BCUT2D eigenvalue weighted by molar-refractivity contribution is -0.152. The molecular weight excluding hydrogens is 582 g/mol. The number of ketones is 1. The Morgan fingerprint density at radius 3 is 2.27 bits per heavy atom. The summed E-state index contributed by atoms with van der Waals surface area (Å²) < 4.78 is 10.8. The van der Waals surface area contributed by atoms with Crippen LogP contribution in [0.4, 0.5) is 4.79 Å². The molecule has 1 aromatic carbocycles. The van der Waals surface area contributed by atoms with Gasteiger partial charge in [0.1, 0.15) is 24.0 Å². The van der Waals surface area contributed by atoms with Crippen LogP contribution in [0.5, 0.6) is 0 Å². The molecule has 0 aliphatic carbocycles. The molecule has 248 valence electrons. The summed E-state index contributed by atoms with van der Waals surface area (Å²) in [7, 11) is 1.23. The van der Waals surface area contributed by atoms with Crippen LogP contribution < -0.4 is 5.32 Å². The zero-order valence-electron chi connectivity index (χ0n) is 27.0. The molecule has 12 nitrogen and oxygen atoms in total. The zero-order chi connectivity index (χ0) is 33.3. The van der Waals surface area contributed by atoms with Crippen molar-refractivity contribution in [2.45, 2.75) is 97.4 Å². The zero-order valence-corrected chi connectivity index (χ0v) is 27.0. The number of methoxy groups -OCH3 is 1. The number of nitrogens with zero attached hydrogens (tertiary/aromatic N) is 2. The Balaban J connectivity index is 1.66. The molecule has 0 aromatic heterocycles.